The van der Waals surface area contributed by atoms with Gasteiger partial charge in [0.1, 0.15) is 0 Å². The van der Waals surface area contributed by atoms with Crippen molar-refractivity contribution < 1.29 is 0 Å². The normalized spacial score (nSPS) is 11.2. The second kappa shape index (κ2) is 6.62. The maximum atomic E-state index is 4.53. The maximum absolute atomic E-state index is 4.53. The Hall–Kier alpha value is -2.33. The van der Waals surface area contributed by atoms with Gasteiger partial charge in [-0.3, -0.25) is 10.4 Å². The van der Waals surface area contributed by atoms with Gasteiger partial charge in [-0.15, -0.1) is 11.8 Å². The fourth-order valence-electron chi connectivity index (χ4n) is 2.27. The Kier molecular flexibility index (Phi) is 4.39. The van der Waals surface area contributed by atoms with Crippen molar-refractivity contribution in [2.24, 2.45) is 5.10 Å². The average Bonchev–Trinajstić information content (AvgIpc) is 2.55. The second-order valence-electron chi connectivity index (χ2n) is 4.97. The second-order valence-corrected chi connectivity index (χ2v) is 5.85. The smallest absolute Gasteiger partial charge is 0.0726 e. The van der Waals surface area contributed by atoms with Gasteiger partial charge in [0.15, 0.2) is 0 Å². The van der Waals surface area contributed by atoms with Gasteiger partial charge in [0.05, 0.1) is 17.4 Å². The van der Waals surface area contributed by atoms with Crippen LogP contribution in [0.25, 0.3) is 10.9 Å². The number of nitrogens with one attached hydrogen (secondary N) is 1. The van der Waals surface area contributed by atoms with Crippen LogP contribution in [0.15, 0.2) is 64.6 Å². The SMILES string of the molecule is CSc1ccc(/C=N\Nc2cc(C)nc3ccccc23)cc1. The zero-order valence-electron chi connectivity index (χ0n) is 12.6. The highest BCUT2D eigenvalue weighted by Gasteiger charge is 2.02. The van der Waals surface area contributed by atoms with Gasteiger partial charge in [-0.25, -0.2) is 0 Å². The lowest BCUT2D eigenvalue weighted by Gasteiger charge is -2.06. The number of aromatic nitrogens is 1. The molecule has 1 aromatic heterocycles. The van der Waals surface area contributed by atoms with Gasteiger partial charge in [-0.05, 0) is 43.0 Å². The van der Waals surface area contributed by atoms with E-state index in [1.54, 1.807) is 11.8 Å². The molecule has 0 radical (unpaired) electrons. The van der Waals surface area contributed by atoms with Crippen LogP contribution in [0.3, 0.4) is 0 Å². The number of fused-ring (bicyclic) bond motifs is 1. The molecule has 0 aliphatic rings. The van der Waals surface area contributed by atoms with E-state index in [4.69, 9.17) is 0 Å². The molecule has 3 aromatic rings. The van der Waals surface area contributed by atoms with Crippen molar-refractivity contribution >= 4 is 34.6 Å². The molecule has 0 amide bonds. The number of anilines is 1. The van der Waals surface area contributed by atoms with Crippen molar-refractivity contribution in [3.63, 3.8) is 0 Å². The predicted molar refractivity (Wildman–Crippen MR) is 95.9 cm³/mol. The summed E-state index contributed by atoms with van der Waals surface area (Å²) >= 11 is 1.73. The summed E-state index contributed by atoms with van der Waals surface area (Å²) in [7, 11) is 0. The summed E-state index contributed by atoms with van der Waals surface area (Å²) < 4.78 is 0. The summed E-state index contributed by atoms with van der Waals surface area (Å²) in [6.45, 7) is 1.99. The van der Waals surface area contributed by atoms with Crippen molar-refractivity contribution in [1.29, 1.82) is 0 Å². The highest BCUT2D eigenvalue weighted by molar-refractivity contribution is 7.98. The lowest BCUT2D eigenvalue weighted by atomic mass is 10.1. The third kappa shape index (κ3) is 3.28. The molecule has 22 heavy (non-hydrogen) atoms. The Morgan fingerprint density at radius 1 is 1.09 bits per heavy atom. The van der Waals surface area contributed by atoms with Crippen molar-refractivity contribution in [3.8, 4) is 0 Å². The minimum Gasteiger partial charge on any atom is -0.278 e. The standard InChI is InChI=1S/C18H17N3S/c1-13-11-18(16-5-3-4-6-17(16)20-13)21-19-12-14-7-9-15(22-2)10-8-14/h3-12H,1-2H3,(H,20,21)/b19-12-. The minimum atomic E-state index is 0.972. The van der Waals surface area contributed by atoms with Gasteiger partial charge in [0.2, 0.25) is 0 Å². The molecule has 110 valence electrons. The number of thioether (sulfide) groups is 1. The van der Waals surface area contributed by atoms with Crippen LogP contribution < -0.4 is 5.43 Å². The van der Waals surface area contributed by atoms with Crippen LogP contribution in [-0.2, 0) is 0 Å². The van der Waals surface area contributed by atoms with E-state index in [9.17, 15) is 0 Å². The van der Waals surface area contributed by atoms with E-state index in [1.165, 1.54) is 4.90 Å². The summed E-state index contributed by atoms with van der Waals surface area (Å²) in [5.74, 6) is 0. The van der Waals surface area contributed by atoms with Crippen molar-refractivity contribution in [2.75, 3.05) is 11.7 Å². The molecule has 4 heteroatoms. The molecule has 3 rings (SSSR count). The van der Waals surface area contributed by atoms with E-state index in [1.807, 2.05) is 43.5 Å². The van der Waals surface area contributed by atoms with Crippen LogP contribution in [0, 0.1) is 6.92 Å². The van der Waals surface area contributed by atoms with E-state index in [2.05, 4.69) is 46.0 Å². The molecular weight excluding hydrogens is 290 g/mol. The van der Waals surface area contributed by atoms with E-state index >= 15 is 0 Å². The Morgan fingerprint density at radius 2 is 1.86 bits per heavy atom. The number of rotatable bonds is 4. The van der Waals surface area contributed by atoms with Gasteiger partial charge in [-0.2, -0.15) is 5.10 Å². The van der Waals surface area contributed by atoms with Crippen LogP contribution in [0.4, 0.5) is 5.69 Å². The number of para-hydroxylation sites is 1. The lowest BCUT2D eigenvalue weighted by Crippen LogP contribution is -1.94. The summed E-state index contributed by atoms with van der Waals surface area (Å²) in [4.78, 5) is 5.78. The number of aryl methyl sites for hydroxylation is 1. The molecule has 1 heterocycles. The lowest BCUT2D eigenvalue weighted by molar-refractivity contribution is 1.24. The van der Waals surface area contributed by atoms with Crippen molar-refractivity contribution in [3.05, 3.63) is 65.9 Å². The predicted octanol–water partition coefficient (Wildman–Crippen LogP) is 4.71. The Morgan fingerprint density at radius 3 is 2.64 bits per heavy atom. The third-order valence-corrected chi connectivity index (χ3v) is 4.10. The van der Waals surface area contributed by atoms with Gasteiger partial charge in [-0.1, -0.05) is 30.3 Å². The average molecular weight is 307 g/mol. The Balaban J connectivity index is 1.82. The summed E-state index contributed by atoms with van der Waals surface area (Å²) in [6.07, 6.45) is 3.90. The largest absolute Gasteiger partial charge is 0.278 e. The maximum Gasteiger partial charge on any atom is 0.0726 e. The van der Waals surface area contributed by atoms with E-state index < -0.39 is 0 Å². The number of hydrogen-bond donors (Lipinski definition) is 1. The van der Waals surface area contributed by atoms with Crippen LogP contribution >= 0.6 is 11.8 Å². The number of pyridine rings is 1. The van der Waals surface area contributed by atoms with Gasteiger partial charge >= 0.3 is 0 Å². The Labute approximate surface area is 134 Å². The van der Waals surface area contributed by atoms with Crippen LogP contribution in [0.5, 0.6) is 0 Å². The first kappa shape index (κ1) is 14.6. The highest BCUT2D eigenvalue weighted by atomic mass is 32.2. The molecule has 0 saturated heterocycles. The van der Waals surface area contributed by atoms with Gasteiger partial charge < -0.3 is 0 Å². The molecule has 1 N–H and O–H groups in total. The summed E-state index contributed by atoms with van der Waals surface area (Å²) in [5.41, 5.74) is 7.12. The quantitative estimate of drug-likeness (QED) is 0.431. The van der Waals surface area contributed by atoms with Crippen LogP contribution in [0.2, 0.25) is 0 Å². The molecule has 0 fully saturated rings. The first-order chi connectivity index (χ1) is 10.8. The number of nitrogens with zero attached hydrogens (tertiary/aromatic N) is 2. The van der Waals surface area contributed by atoms with Crippen molar-refractivity contribution in [2.45, 2.75) is 11.8 Å². The molecule has 0 saturated carbocycles. The molecule has 0 aliphatic heterocycles. The molecule has 0 aliphatic carbocycles. The van der Waals surface area contributed by atoms with E-state index in [0.29, 0.717) is 0 Å². The molecule has 0 bridgehead atoms. The molecule has 2 aromatic carbocycles. The summed E-state index contributed by atoms with van der Waals surface area (Å²) in [5, 5.41) is 5.42. The third-order valence-electron chi connectivity index (χ3n) is 3.36. The Bertz CT molecular complexity index is 810. The molecule has 0 atom stereocenters. The van der Waals surface area contributed by atoms with E-state index in [0.717, 1.165) is 27.8 Å². The molecule has 3 nitrogen and oxygen atoms in total. The summed E-state index contributed by atoms with van der Waals surface area (Å²) in [6, 6.07) is 18.4. The molecular formula is C18H17N3S. The van der Waals surface area contributed by atoms with Gasteiger partial charge in [0.25, 0.3) is 0 Å². The highest BCUT2D eigenvalue weighted by Crippen LogP contribution is 2.22. The number of benzene rings is 2. The first-order valence-electron chi connectivity index (χ1n) is 7.06. The van der Waals surface area contributed by atoms with Crippen molar-refractivity contribution in [1.82, 2.24) is 4.98 Å². The van der Waals surface area contributed by atoms with E-state index in [-0.39, 0.29) is 0 Å². The molecule has 0 spiro atoms. The first-order valence-corrected chi connectivity index (χ1v) is 8.28. The topological polar surface area (TPSA) is 37.3 Å². The number of hydrazone groups is 1. The minimum absolute atomic E-state index is 0.972. The van der Waals surface area contributed by atoms with Crippen LogP contribution in [0.1, 0.15) is 11.3 Å². The fraction of sp³-hybridized carbons (Fsp3) is 0.111. The monoisotopic (exact) mass is 307 g/mol. The number of hydrogen-bond acceptors (Lipinski definition) is 4. The molecule has 0 unspecified atom stereocenters. The van der Waals surface area contributed by atoms with Gasteiger partial charge in [0, 0.05) is 16.0 Å². The zero-order chi connectivity index (χ0) is 15.4. The fourth-order valence-corrected chi connectivity index (χ4v) is 2.67. The van der Waals surface area contributed by atoms with Crippen LogP contribution in [-0.4, -0.2) is 17.5 Å². The zero-order valence-corrected chi connectivity index (χ0v) is 13.4.